The molecule has 4 atom stereocenters. The molecule has 1 saturated heterocycles. The van der Waals surface area contributed by atoms with Gasteiger partial charge in [0.05, 0.1) is 17.8 Å². The van der Waals surface area contributed by atoms with Crippen molar-refractivity contribution in [2.24, 2.45) is 5.92 Å². The minimum Gasteiger partial charge on any atom is -0.339 e. The van der Waals surface area contributed by atoms with Gasteiger partial charge in [-0.2, -0.15) is 10.4 Å². The van der Waals surface area contributed by atoms with E-state index < -0.39 is 11.9 Å². The van der Waals surface area contributed by atoms with Gasteiger partial charge in [0, 0.05) is 30.6 Å². The van der Waals surface area contributed by atoms with E-state index in [1.54, 1.807) is 25.1 Å². The van der Waals surface area contributed by atoms with Crippen LogP contribution in [0.15, 0.2) is 24.3 Å². The predicted molar refractivity (Wildman–Crippen MR) is 108 cm³/mol. The molecular formula is C22H24FN5O2. The maximum absolute atomic E-state index is 14.7. The Hall–Kier alpha value is -3.05. The first kappa shape index (κ1) is 20.2. The van der Waals surface area contributed by atoms with Crippen LogP contribution in [-0.4, -0.2) is 39.7 Å². The van der Waals surface area contributed by atoms with Crippen LogP contribution in [0.25, 0.3) is 11.3 Å². The number of aromatic nitrogens is 2. The van der Waals surface area contributed by atoms with Gasteiger partial charge in [0.2, 0.25) is 11.8 Å². The molecule has 7 nitrogen and oxygen atoms in total. The van der Waals surface area contributed by atoms with Crippen molar-refractivity contribution in [3.63, 3.8) is 0 Å². The molecule has 8 heteroatoms. The monoisotopic (exact) mass is 409 g/mol. The highest BCUT2D eigenvalue weighted by Crippen LogP contribution is 2.35. The lowest BCUT2D eigenvalue weighted by atomic mass is 9.98. The van der Waals surface area contributed by atoms with Gasteiger partial charge in [-0.3, -0.25) is 9.59 Å². The van der Waals surface area contributed by atoms with Crippen molar-refractivity contribution in [1.29, 1.82) is 5.26 Å². The third kappa shape index (κ3) is 3.85. The van der Waals surface area contributed by atoms with E-state index in [2.05, 4.69) is 21.8 Å². The molecule has 1 unspecified atom stereocenters. The molecule has 0 radical (unpaired) electrons. The third-order valence-electron chi connectivity index (χ3n) is 6.07. The lowest BCUT2D eigenvalue weighted by Crippen LogP contribution is -2.50. The summed E-state index contributed by atoms with van der Waals surface area (Å²) in [5.41, 5.74) is 2.06. The van der Waals surface area contributed by atoms with E-state index in [1.165, 1.54) is 17.7 Å². The van der Waals surface area contributed by atoms with Crippen LogP contribution < -0.4 is 10.6 Å². The molecule has 1 amide bonds. The first-order valence-corrected chi connectivity index (χ1v) is 10.2. The first-order valence-electron chi connectivity index (χ1n) is 10.2. The van der Waals surface area contributed by atoms with Gasteiger partial charge in [0.1, 0.15) is 11.9 Å². The zero-order valence-electron chi connectivity index (χ0n) is 17.0. The van der Waals surface area contributed by atoms with Crippen molar-refractivity contribution in [2.45, 2.75) is 57.7 Å². The lowest BCUT2D eigenvalue weighted by Gasteiger charge is -2.23. The Kier molecular flexibility index (Phi) is 5.39. The highest BCUT2D eigenvalue weighted by molar-refractivity contribution is 5.83. The molecule has 1 aromatic heterocycles. The Bertz CT molecular complexity index is 1040. The quantitative estimate of drug-likeness (QED) is 0.790. The van der Waals surface area contributed by atoms with Gasteiger partial charge in [-0.15, -0.1) is 0 Å². The van der Waals surface area contributed by atoms with Crippen molar-refractivity contribution in [1.82, 2.24) is 20.4 Å². The largest absolute Gasteiger partial charge is 0.339 e. The minimum atomic E-state index is -0.807. The van der Waals surface area contributed by atoms with E-state index in [1.807, 2.05) is 0 Å². The van der Waals surface area contributed by atoms with Crippen LogP contribution >= 0.6 is 0 Å². The average Bonchev–Trinajstić information content (AvgIpc) is 3.44. The molecule has 1 aliphatic heterocycles. The van der Waals surface area contributed by atoms with Gasteiger partial charge in [-0.1, -0.05) is 12.1 Å². The minimum absolute atomic E-state index is 0.0794. The number of carbonyl (C=O) groups excluding carboxylic acids is 2. The van der Waals surface area contributed by atoms with Crippen molar-refractivity contribution >= 4 is 11.8 Å². The summed E-state index contributed by atoms with van der Waals surface area (Å²) in [4.78, 5) is 24.1. The van der Waals surface area contributed by atoms with Crippen molar-refractivity contribution in [3.8, 4) is 17.3 Å². The molecule has 1 aromatic carbocycles. The number of carbonyl (C=O) groups is 2. The maximum atomic E-state index is 14.7. The molecule has 0 spiro atoms. The number of nitriles is 1. The SMILES string of the molecule is CC(=O)n1nc(-c2ccc(CC(C#N)NC(=O)[C@H]3N[C@@H]4CC[C@H]3C4)c(F)c2)cc1C. The molecule has 4 rings (SSSR count). The van der Waals surface area contributed by atoms with Gasteiger partial charge in [-0.05, 0) is 49.8 Å². The van der Waals surface area contributed by atoms with E-state index >= 15 is 0 Å². The molecule has 2 aromatic rings. The molecule has 2 heterocycles. The van der Waals surface area contributed by atoms with E-state index in [-0.39, 0.29) is 24.3 Å². The number of aryl methyl sites for hydroxylation is 1. The standard InChI is InChI=1S/C22H24FN5O2/c1-12-7-20(27-28(12)13(2)29)15-4-3-14(19(23)10-15)8-18(11-24)26-22(30)21-16-5-6-17(9-16)25-21/h3-4,7,10,16-18,21,25H,5-6,8-9H2,1-2H3,(H,26,30)/t16-,17+,18?,21-/m0/s1. The molecule has 1 aliphatic carbocycles. The lowest BCUT2D eigenvalue weighted by molar-refractivity contribution is -0.124. The van der Waals surface area contributed by atoms with Crippen LogP contribution in [-0.2, 0) is 11.2 Å². The van der Waals surface area contributed by atoms with E-state index in [0.717, 1.165) is 19.3 Å². The number of hydrogen-bond donors (Lipinski definition) is 2. The summed E-state index contributed by atoms with van der Waals surface area (Å²) in [6, 6.07) is 7.76. The zero-order valence-corrected chi connectivity index (χ0v) is 17.0. The second-order valence-corrected chi connectivity index (χ2v) is 8.22. The second-order valence-electron chi connectivity index (χ2n) is 8.22. The highest BCUT2D eigenvalue weighted by atomic mass is 19.1. The third-order valence-corrected chi connectivity index (χ3v) is 6.07. The average molecular weight is 409 g/mol. The number of amides is 1. The fourth-order valence-corrected chi connectivity index (χ4v) is 4.57. The predicted octanol–water partition coefficient (Wildman–Crippen LogP) is 2.35. The van der Waals surface area contributed by atoms with E-state index in [9.17, 15) is 19.2 Å². The molecule has 1 saturated carbocycles. The van der Waals surface area contributed by atoms with Crippen LogP contribution in [0, 0.1) is 30.0 Å². The first-order chi connectivity index (χ1) is 14.4. The van der Waals surface area contributed by atoms with Gasteiger partial charge in [-0.25, -0.2) is 9.07 Å². The number of benzene rings is 1. The number of rotatable bonds is 5. The molecule has 2 aliphatic rings. The zero-order chi connectivity index (χ0) is 21.4. The summed E-state index contributed by atoms with van der Waals surface area (Å²) >= 11 is 0. The van der Waals surface area contributed by atoms with Crippen LogP contribution in [0.1, 0.15) is 42.2 Å². The summed E-state index contributed by atoms with van der Waals surface area (Å²) in [6.07, 6.45) is 3.21. The van der Waals surface area contributed by atoms with Crippen LogP contribution in [0.5, 0.6) is 0 Å². The Balaban J connectivity index is 1.45. The maximum Gasteiger partial charge on any atom is 0.243 e. The Morgan fingerprint density at radius 3 is 2.77 bits per heavy atom. The molecule has 2 bridgehead atoms. The topological polar surface area (TPSA) is 99.8 Å². The van der Waals surface area contributed by atoms with Crippen molar-refractivity contribution in [3.05, 3.63) is 41.3 Å². The molecule has 2 fully saturated rings. The summed E-state index contributed by atoms with van der Waals surface area (Å²) in [5, 5.41) is 19.7. The van der Waals surface area contributed by atoms with Crippen LogP contribution in [0.4, 0.5) is 4.39 Å². The molecule has 156 valence electrons. The van der Waals surface area contributed by atoms with Gasteiger partial charge < -0.3 is 10.6 Å². The molecule has 2 N–H and O–H groups in total. The highest BCUT2D eigenvalue weighted by Gasteiger charge is 2.43. The fourth-order valence-electron chi connectivity index (χ4n) is 4.57. The number of nitrogens with zero attached hydrogens (tertiary/aromatic N) is 3. The van der Waals surface area contributed by atoms with Crippen molar-refractivity contribution in [2.75, 3.05) is 0 Å². The Morgan fingerprint density at radius 2 is 2.20 bits per heavy atom. The second kappa shape index (κ2) is 8.00. The summed E-state index contributed by atoms with van der Waals surface area (Å²) < 4.78 is 16.0. The molecular weight excluding hydrogens is 385 g/mol. The number of hydrogen-bond acceptors (Lipinski definition) is 5. The number of piperidine rings is 1. The smallest absolute Gasteiger partial charge is 0.243 e. The Morgan fingerprint density at radius 1 is 1.40 bits per heavy atom. The van der Waals surface area contributed by atoms with Gasteiger partial charge in [0.25, 0.3) is 0 Å². The van der Waals surface area contributed by atoms with E-state index in [0.29, 0.717) is 34.5 Å². The summed E-state index contributed by atoms with van der Waals surface area (Å²) in [6.45, 7) is 3.17. The number of halogens is 1. The van der Waals surface area contributed by atoms with Crippen molar-refractivity contribution < 1.29 is 14.0 Å². The normalized spacial score (nSPS) is 23.2. The molecule has 30 heavy (non-hydrogen) atoms. The summed E-state index contributed by atoms with van der Waals surface area (Å²) in [5.74, 6) is -0.553. The van der Waals surface area contributed by atoms with Crippen LogP contribution in [0.2, 0.25) is 0 Å². The van der Waals surface area contributed by atoms with E-state index in [4.69, 9.17) is 0 Å². The van der Waals surface area contributed by atoms with Gasteiger partial charge in [0.15, 0.2) is 0 Å². The number of nitrogens with one attached hydrogen (secondary N) is 2. The van der Waals surface area contributed by atoms with Crippen LogP contribution in [0.3, 0.4) is 0 Å². The number of fused-ring (bicyclic) bond motifs is 2. The van der Waals surface area contributed by atoms with Gasteiger partial charge >= 0.3 is 0 Å². The Labute approximate surface area is 174 Å². The summed E-state index contributed by atoms with van der Waals surface area (Å²) in [7, 11) is 0. The fraction of sp³-hybridized carbons (Fsp3) is 0.455.